The second-order valence-electron chi connectivity index (χ2n) is 4.45. The number of carbonyl (C=O) groups is 2. The van der Waals surface area contributed by atoms with Gasteiger partial charge in [-0.15, -0.1) is 0 Å². The first kappa shape index (κ1) is 15.9. The Morgan fingerprint density at radius 2 is 1.70 bits per heavy atom. The van der Waals surface area contributed by atoms with Crippen LogP contribution in [0.1, 0.15) is 32.1 Å². The molecule has 1 aromatic carbocycles. The Bertz CT molecular complexity index is 435. The number of amides is 2. The number of carboxylic acid groups (broad SMARTS) is 1. The quantitative estimate of drug-likeness (QED) is 0.641. The number of hydrogen-bond acceptors (Lipinski definition) is 2. The van der Waals surface area contributed by atoms with Gasteiger partial charge in [-0.1, -0.05) is 12.8 Å². The van der Waals surface area contributed by atoms with Gasteiger partial charge < -0.3 is 15.7 Å². The Morgan fingerprint density at radius 1 is 1.05 bits per heavy atom. The molecule has 110 valence electrons. The maximum atomic E-state index is 12.7. The van der Waals surface area contributed by atoms with Crippen molar-refractivity contribution in [3.05, 3.63) is 30.1 Å². The van der Waals surface area contributed by atoms with Crippen LogP contribution in [0.5, 0.6) is 0 Å². The van der Waals surface area contributed by atoms with Crippen molar-refractivity contribution in [2.75, 3.05) is 11.9 Å². The van der Waals surface area contributed by atoms with Crippen molar-refractivity contribution in [2.24, 2.45) is 0 Å². The highest BCUT2D eigenvalue weighted by Gasteiger charge is 2.01. The van der Waals surface area contributed by atoms with Crippen LogP contribution < -0.4 is 10.6 Å². The molecule has 0 aliphatic carbocycles. The molecule has 2 amide bonds. The van der Waals surface area contributed by atoms with Crippen molar-refractivity contribution in [1.29, 1.82) is 0 Å². The zero-order valence-electron chi connectivity index (χ0n) is 11.2. The minimum Gasteiger partial charge on any atom is -0.481 e. The lowest BCUT2D eigenvalue weighted by Gasteiger charge is -2.07. The van der Waals surface area contributed by atoms with Crippen LogP contribution in [0.15, 0.2) is 24.3 Å². The fourth-order valence-corrected chi connectivity index (χ4v) is 1.67. The van der Waals surface area contributed by atoms with E-state index in [2.05, 4.69) is 10.6 Å². The fraction of sp³-hybridized carbons (Fsp3) is 0.429. The van der Waals surface area contributed by atoms with Crippen LogP contribution in [0.2, 0.25) is 0 Å². The number of halogens is 1. The van der Waals surface area contributed by atoms with Gasteiger partial charge in [0.2, 0.25) is 0 Å². The Hall–Kier alpha value is -2.11. The van der Waals surface area contributed by atoms with Crippen LogP contribution in [-0.4, -0.2) is 23.7 Å². The maximum absolute atomic E-state index is 12.7. The number of aliphatic carboxylic acids is 1. The number of carbonyl (C=O) groups excluding carboxylic acids is 1. The van der Waals surface area contributed by atoms with Gasteiger partial charge in [0.15, 0.2) is 0 Å². The number of nitrogens with one attached hydrogen (secondary N) is 2. The van der Waals surface area contributed by atoms with Gasteiger partial charge in [-0.25, -0.2) is 9.18 Å². The summed E-state index contributed by atoms with van der Waals surface area (Å²) in [4.78, 5) is 21.8. The molecule has 6 heteroatoms. The molecule has 3 N–H and O–H groups in total. The van der Waals surface area contributed by atoms with E-state index in [-0.39, 0.29) is 18.3 Å². The number of anilines is 1. The molecule has 0 atom stereocenters. The fourth-order valence-electron chi connectivity index (χ4n) is 1.67. The number of unbranched alkanes of at least 4 members (excludes halogenated alkanes) is 3. The third kappa shape index (κ3) is 7.35. The molecule has 0 radical (unpaired) electrons. The molecule has 0 spiro atoms. The van der Waals surface area contributed by atoms with Gasteiger partial charge in [-0.2, -0.15) is 0 Å². The number of carboxylic acids is 1. The monoisotopic (exact) mass is 282 g/mol. The molecular weight excluding hydrogens is 263 g/mol. The highest BCUT2D eigenvalue weighted by molar-refractivity contribution is 5.89. The number of hydrogen-bond donors (Lipinski definition) is 3. The van der Waals surface area contributed by atoms with E-state index in [1.807, 2.05) is 0 Å². The van der Waals surface area contributed by atoms with Crippen LogP contribution in [-0.2, 0) is 4.79 Å². The van der Waals surface area contributed by atoms with Gasteiger partial charge in [-0.05, 0) is 37.1 Å². The first-order valence-electron chi connectivity index (χ1n) is 6.60. The lowest BCUT2D eigenvalue weighted by Crippen LogP contribution is -2.29. The highest BCUT2D eigenvalue weighted by atomic mass is 19.1. The van der Waals surface area contributed by atoms with E-state index in [0.29, 0.717) is 18.7 Å². The molecule has 0 bridgehead atoms. The van der Waals surface area contributed by atoms with Crippen molar-refractivity contribution in [1.82, 2.24) is 5.32 Å². The van der Waals surface area contributed by atoms with E-state index in [1.54, 1.807) is 0 Å². The van der Waals surface area contributed by atoms with Gasteiger partial charge in [0.25, 0.3) is 0 Å². The normalized spacial score (nSPS) is 10.1. The van der Waals surface area contributed by atoms with Gasteiger partial charge >= 0.3 is 12.0 Å². The standard InChI is InChI=1S/C14H19FN2O3/c15-11-6-8-12(9-7-11)17-14(20)16-10-4-2-1-3-5-13(18)19/h6-9H,1-5,10H2,(H,18,19)(H2,16,17,20). The van der Waals surface area contributed by atoms with Crippen molar-refractivity contribution in [3.8, 4) is 0 Å². The van der Waals surface area contributed by atoms with Crippen molar-refractivity contribution >= 4 is 17.7 Å². The van der Waals surface area contributed by atoms with Crippen LogP contribution in [0.4, 0.5) is 14.9 Å². The lowest BCUT2D eigenvalue weighted by atomic mass is 10.1. The van der Waals surface area contributed by atoms with Gasteiger partial charge in [-0.3, -0.25) is 4.79 Å². The molecule has 0 saturated carbocycles. The summed E-state index contributed by atoms with van der Waals surface area (Å²) >= 11 is 0. The molecule has 0 saturated heterocycles. The Labute approximate surface area is 117 Å². The average Bonchev–Trinajstić information content (AvgIpc) is 2.40. The summed E-state index contributed by atoms with van der Waals surface area (Å²) in [5.74, 6) is -1.13. The third-order valence-corrected chi connectivity index (χ3v) is 2.71. The third-order valence-electron chi connectivity index (χ3n) is 2.71. The molecule has 0 aliphatic rings. The van der Waals surface area contributed by atoms with Crippen molar-refractivity contribution < 1.29 is 19.1 Å². The first-order chi connectivity index (χ1) is 9.58. The Balaban J connectivity index is 2.05. The summed E-state index contributed by atoms with van der Waals surface area (Å²) in [6.07, 6.45) is 3.38. The van der Waals surface area contributed by atoms with E-state index in [1.165, 1.54) is 24.3 Å². The first-order valence-corrected chi connectivity index (χ1v) is 6.60. The highest BCUT2D eigenvalue weighted by Crippen LogP contribution is 2.07. The van der Waals surface area contributed by atoms with E-state index < -0.39 is 5.97 Å². The zero-order valence-corrected chi connectivity index (χ0v) is 11.2. The second-order valence-corrected chi connectivity index (χ2v) is 4.45. The molecule has 0 heterocycles. The molecule has 1 rings (SSSR count). The predicted molar refractivity (Wildman–Crippen MR) is 74.1 cm³/mol. The second kappa shape index (κ2) is 8.90. The summed E-state index contributed by atoms with van der Waals surface area (Å²) in [7, 11) is 0. The largest absolute Gasteiger partial charge is 0.481 e. The van der Waals surface area contributed by atoms with E-state index >= 15 is 0 Å². The van der Waals surface area contributed by atoms with E-state index in [9.17, 15) is 14.0 Å². The average molecular weight is 282 g/mol. The van der Waals surface area contributed by atoms with Gasteiger partial charge in [0.1, 0.15) is 5.82 Å². The van der Waals surface area contributed by atoms with E-state index in [4.69, 9.17) is 5.11 Å². The molecule has 0 unspecified atom stereocenters. The van der Waals surface area contributed by atoms with Gasteiger partial charge in [0.05, 0.1) is 0 Å². The number of urea groups is 1. The summed E-state index contributed by atoms with van der Waals surface area (Å²) in [6, 6.07) is 5.19. The zero-order chi connectivity index (χ0) is 14.8. The molecule has 0 aliphatic heterocycles. The topological polar surface area (TPSA) is 78.4 Å². The van der Waals surface area contributed by atoms with Crippen LogP contribution in [0, 0.1) is 5.82 Å². The van der Waals surface area contributed by atoms with Crippen molar-refractivity contribution in [3.63, 3.8) is 0 Å². The maximum Gasteiger partial charge on any atom is 0.319 e. The lowest BCUT2D eigenvalue weighted by molar-refractivity contribution is -0.137. The number of rotatable bonds is 8. The Morgan fingerprint density at radius 3 is 2.35 bits per heavy atom. The van der Waals surface area contributed by atoms with E-state index in [0.717, 1.165) is 19.3 Å². The SMILES string of the molecule is O=C(O)CCCCCCNC(=O)Nc1ccc(F)cc1. The molecule has 5 nitrogen and oxygen atoms in total. The smallest absolute Gasteiger partial charge is 0.319 e. The molecule has 20 heavy (non-hydrogen) atoms. The predicted octanol–water partition coefficient (Wildman–Crippen LogP) is 2.98. The molecular formula is C14H19FN2O3. The Kier molecular flexibility index (Phi) is 7.10. The molecule has 0 fully saturated rings. The summed E-state index contributed by atoms with van der Waals surface area (Å²) in [6.45, 7) is 0.528. The summed E-state index contributed by atoms with van der Waals surface area (Å²) in [5, 5.41) is 13.7. The molecule has 1 aromatic rings. The van der Waals surface area contributed by atoms with Crippen molar-refractivity contribution in [2.45, 2.75) is 32.1 Å². The molecule has 0 aromatic heterocycles. The van der Waals surface area contributed by atoms with Crippen LogP contribution in [0.25, 0.3) is 0 Å². The number of benzene rings is 1. The van der Waals surface area contributed by atoms with Gasteiger partial charge in [0, 0.05) is 18.7 Å². The summed E-state index contributed by atoms with van der Waals surface area (Å²) in [5.41, 5.74) is 0.533. The van der Waals surface area contributed by atoms with Crippen LogP contribution in [0.3, 0.4) is 0 Å². The summed E-state index contributed by atoms with van der Waals surface area (Å²) < 4.78 is 12.7. The minimum atomic E-state index is -0.776. The van der Waals surface area contributed by atoms with Crippen LogP contribution >= 0.6 is 0 Å². The minimum absolute atomic E-state index is 0.193.